The highest BCUT2D eigenvalue weighted by molar-refractivity contribution is 5.97. The maximum absolute atomic E-state index is 12.0. The fourth-order valence-electron chi connectivity index (χ4n) is 4.77. The van der Waals surface area contributed by atoms with E-state index in [9.17, 15) is 9.59 Å². The Morgan fingerprint density at radius 3 is 2.62 bits per heavy atom. The first-order chi connectivity index (χ1) is 14.1. The zero-order valence-electron chi connectivity index (χ0n) is 17.1. The van der Waals surface area contributed by atoms with E-state index in [1.807, 2.05) is 18.2 Å². The predicted molar refractivity (Wildman–Crippen MR) is 111 cm³/mol. The molecule has 1 saturated heterocycles. The quantitative estimate of drug-likeness (QED) is 0.463. The highest BCUT2D eigenvalue weighted by Crippen LogP contribution is 2.46. The van der Waals surface area contributed by atoms with E-state index >= 15 is 0 Å². The fraction of sp³-hybridized carbons (Fsp3) is 0.591. The summed E-state index contributed by atoms with van der Waals surface area (Å²) in [7, 11) is 1.74. The summed E-state index contributed by atoms with van der Waals surface area (Å²) in [6.07, 6.45) is 7.08. The summed E-state index contributed by atoms with van der Waals surface area (Å²) < 4.78 is 6.43. The van der Waals surface area contributed by atoms with Gasteiger partial charge in [-0.25, -0.2) is 0 Å². The first-order valence-corrected chi connectivity index (χ1v) is 10.7. The van der Waals surface area contributed by atoms with Crippen molar-refractivity contribution < 1.29 is 14.3 Å². The number of para-hydroxylation sites is 1. The monoisotopic (exact) mass is 398 g/mol. The van der Waals surface area contributed by atoms with Gasteiger partial charge in [0, 0.05) is 45.0 Å². The Morgan fingerprint density at radius 1 is 1.17 bits per heavy atom. The Kier molecular flexibility index (Phi) is 5.74. The zero-order chi connectivity index (χ0) is 20.3. The number of nitrogens with one attached hydrogen (secondary N) is 2. The lowest BCUT2D eigenvalue weighted by atomic mass is 9.86. The van der Waals surface area contributed by atoms with Gasteiger partial charge in [0.15, 0.2) is 5.96 Å². The van der Waals surface area contributed by atoms with Crippen molar-refractivity contribution in [2.75, 3.05) is 20.1 Å². The molecule has 7 nitrogen and oxygen atoms in total. The average Bonchev–Trinajstić information content (AvgIpc) is 3.16. The molecule has 1 spiro atoms. The number of nitrogens with zero attached hydrogens (tertiary/aromatic N) is 2. The standard InChI is InChI=1S/C22H30N4O3/c1-23-21(24-13-14-26-19(27)9-6-10-20(26)28)25-17-15-22(11-4-5-12-22)29-18-8-3-2-7-16(17)18/h2-3,7-8,17H,4-6,9-15H2,1H3,(H2,23,24,25). The van der Waals surface area contributed by atoms with Crippen LogP contribution in [-0.4, -0.2) is 48.4 Å². The van der Waals surface area contributed by atoms with Crippen molar-refractivity contribution in [1.82, 2.24) is 15.5 Å². The second-order valence-electron chi connectivity index (χ2n) is 8.22. The molecule has 2 N–H and O–H groups in total. The van der Waals surface area contributed by atoms with Gasteiger partial charge in [0.2, 0.25) is 11.8 Å². The van der Waals surface area contributed by atoms with Crippen LogP contribution in [0.15, 0.2) is 29.3 Å². The minimum atomic E-state index is -0.0858. The highest BCUT2D eigenvalue weighted by Gasteiger charge is 2.43. The number of hydrogen-bond acceptors (Lipinski definition) is 4. The molecule has 1 aromatic carbocycles. The number of amides is 2. The second-order valence-corrected chi connectivity index (χ2v) is 8.22. The molecule has 4 rings (SSSR count). The number of rotatable bonds is 4. The first kappa shape index (κ1) is 19.7. The second kappa shape index (κ2) is 8.43. The predicted octanol–water partition coefficient (Wildman–Crippen LogP) is 2.53. The van der Waals surface area contributed by atoms with Gasteiger partial charge in [-0.15, -0.1) is 0 Å². The van der Waals surface area contributed by atoms with Crippen molar-refractivity contribution in [3.63, 3.8) is 0 Å². The third-order valence-electron chi connectivity index (χ3n) is 6.26. The number of carbonyl (C=O) groups excluding carboxylic acids is 2. The van der Waals surface area contributed by atoms with Gasteiger partial charge in [0.05, 0.1) is 6.04 Å². The van der Waals surface area contributed by atoms with E-state index in [4.69, 9.17) is 4.74 Å². The highest BCUT2D eigenvalue weighted by atomic mass is 16.5. The Labute approximate surface area is 171 Å². The lowest BCUT2D eigenvalue weighted by molar-refractivity contribution is -0.147. The number of hydrogen-bond donors (Lipinski definition) is 2. The molecule has 0 radical (unpaired) electrons. The number of ether oxygens (including phenoxy) is 1. The summed E-state index contributed by atoms with van der Waals surface area (Å²) >= 11 is 0. The molecule has 0 bridgehead atoms. The molecule has 2 fully saturated rings. The third-order valence-corrected chi connectivity index (χ3v) is 6.26. The fourth-order valence-corrected chi connectivity index (χ4v) is 4.77. The summed E-state index contributed by atoms with van der Waals surface area (Å²) in [5.41, 5.74) is 1.06. The lowest BCUT2D eigenvalue weighted by Gasteiger charge is -2.40. The minimum absolute atomic E-state index is 0.0764. The minimum Gasteiger partial charge on any atom is -0.487 e. The van der Waals surface area contributed by atoms with Crippen LogP contribution >= 0.6 is 0 Å². The van der Waals surface area contributed by atoms with E-state index < -0.39 is 0 Å². The van der Waals surface area contributed by atoms with Crippen LogP contribution in [-0.2, 0) is 9.59 Å². The van der Waals surface area contributed by atoms with Crippen LogP contribution in [0, 0.1) is 0 Å². The van der Waals surface area contributed by atoms with Crippen molar-refractivity contribution in [3.8, 4) is 5.75 Å². The molecule has 156 valence electrons. The molecular formula is C22H30N4O3. The molecule has 1 atom stereocenters. The Bertz CT molecular complexity index is 785. The molecule has 1 aliphatic carbocycles. The summed E-state index contributed by atoms with van der Waals surface area (Å²) in [5, 5.41) is 6.81. The number of imide groups is 1. The van der Waals surface area contributed by atoms with Gasteiger partial charge in [-0.05, 0) is 38.2 Å². The molecule has 7 heteroatoms. The largest absolute Gasteiger partial charge is 0.487 e. The van der Waals surface area contributed by atoms with Gasteiger partial charge in [-0.1, -0.05) is 18.2 Å². The van der Waals surface area contributed by atoms with Crippen molar-refractivity contribution in [2.45, 2.75) is 63.0 Å². The molecule has 29 heavy (non-hydrogen) atoms. The van der Waals surface area contributed by atoms with Crippen LogP contribution in [0.3, 0.4) is 0 Å². The Hall–Kier alpha value is -2.57. The van der Waals surface area contributed by atoms with Gasteiger partial charge in [0.25, 0.3) is 0 Å². The van der Waals surface area contributed by atoms with Gasteiger partial charge in [-0.3, -0.25) is 19.5 Å². The van der Waals surface area contributed by atoms with Crippen molar-refractivity contribution in [1.29, 1.82) is 0 Å². The molecule has 1 aromatic rings. The normalized spacial score (nSPS) is 23.7. The Morgan fingerprint density at radius 2 is 1.90 bits per heavy atom. The van der Waals surface area contributed by atoms with Crippen molar-refractivity contribution in [3.05, 3.63) is 29.8 Å². The van der Waals surface area contributed by atoms with Crippen LogP contribution in [0.25, 0.3) is 0 Å². The summed E-state index contributed by atoms with van der Waals surface area (Å²) in [6.45, 7) is 0.847. The van der Waals surface area contributed by atoms with E-state index in [1.165, 1.54) is 17.7 Å². The van der Waals surface area contributed by atoms with Crippen LogP contribution in [0.4, 0.5) is 0 Å². The number of fused-ring (bicyclic) bond motifs is 1. The molecular weight excluding hydrogens is 368 g/mol. The van der Waals surface area contributed by atoms with Crippen molar-refractivity contribution >= 4 is 17.8 Å². The first-order valence-electron chi connectivity index (χ1n) is 10.7. The number of guanidine groups is 1. The number of likely N-dealkylation sites (tertiary alicyclic amines) is 1. The summed E-state index contributed by atoms with van der Waals surface area (Å²) in [6, 6.07) is 8.32. The zero-order valence-corrected chi connectivity index (χ0v) is 17.1. The summed E-state index contributed by atoms with van der Waals surface area (Å²) in [4.78, 5) is 29.6. The van der Waals surface area contributed by atoms with Gasteiger partial charge in [0.1, 0.15) is 11.4 Å². The van der Waals surface area contributed by atoms with E-state index in [1.54, 1.807) is 7.05 Å². The maximum Gasteiger partial charge on any atom is 0.229 e. The van der Waals surface area contributed by atoms with Crippen LogP contribution in [0.1, 0.15) is 63.0 Å². The molecule has 1 unspecified atom stereocenters. The number of benzene rings is 1. The molecule has 1 saturated carbocycles. The average molecular weight is 399 g/mol. The number of piperidine rings is 1. The number of carbonyl (C=O) groups is 2. The van der Waals surface area contributed by atoms with E-state index in [-0.39, 0.29) is 23.5 Å². The maximum atomic E-state index is 12.0. The molecule has 0 aromatic heterocycles. The van der Waals surface area contributed by atoms with Gasteiger partial charge in [-0.2, -0.15) is 0 Å². The van der Waals surface area contributed by atoms with Crippen LogP contribution < -0.4 is 15.4 Å². The molecule has 3 aliphatic rings. The van der Waals surface area contributed by atoms with Gasteiger partial charge >= 0.3 is 0 Å². The van der Waals surface area contributed by atoms with Crippen molar-refractivity contribution in [2.24, 2.45) is 4.99 Å². The smallest absolute Gasteiger partial charge is 0.229 e. The van der Waals surface area contributed by atoms with Crippen LogP contribution in [0.5, 0.6) is 5.75 Å². The Balaban J connectivity index is 1.40. The third kappa shape index (κ3) is 4.23. The lowest BCUT2D eigenvalue weighted by Crippen LogP contribution is -2.49. The molecule has 2 heterocycles. The van der Waals surface area contributed by atoms with Gasteiger partial charge < -0.3 is 15.4 Å². The molecule has 2 aliphatic heterocycles. The van der Waals surface area contributed by atoms with E-state index in [0.717, 1.165) is 30.6 Å². The summed E-state index contributed by atoms with van der Waals surface area (Å²) in [5.74, 6) is 1.48. The van der Waals surface area contributed by atoms with Crippen LogP contribution in [0.2, 0.25) is 0 Å². The number of aliphatic imine (C=N–C) groups is 1. The van der Waals surface area contributed by atoms with E-state index in [2.05, 4.69) is 21.7 Å². The SMILES string of the molecule is CN=C(NCCN1C(=O)CCCC1=O)NC1CC2(CCCC2)Oc2ccccc21. The molecule has 2 amide bonds. The van der Waals surface area contributed by atoms with E-state index in [0.29, 0.717) is 38.3 Å². The topological polar surface area (TPSA) is 83.0 Å².